The second kappa shape index (κ2) is 9.55. The molecule has 0 spiro atoms. The maximum atomic E-state index is 14.0. The van der Waals surface area contributed by atoms with Gasteiger partial charge in [-0.1, -0.05) is 58.5 Å². The van der Waals surface area contributed by atoms with Gasteiger partial charge in [0.05, 0.1) is 31.7 Å². The first-order valence-electron chi connectivity index (χ1n) is 10.9. The van der Waals surface area contributed by atoms with Crippen LogP contribution in [0.5, 0.6) is 11.5 Å². The summed E-state index contributed by atoms with van der Waals surface area (Å²) < 4.78 is 11.6. The molecule has 0 saturated heterocycles. The zero-order valence-electron chi connectivity index (χ0n) is 18.5. The molecule has 0 fully saturated rings. The highest BCUT2D eigenvalue weighted by atomic mass is 35.5. The van der Waals surface area contributed by atoms with Crippen LogP contribution in [0.3, 0.4) is 0 Å². The van der Waals surface area contributed by atoms with E-state index in [-0.39, 0.29) is 32.9 Å². The molecule has 1 unspecified atom stereocenters. The fourth-order valence-corrected chi connectivity index (χ4v) is 5.35. The van der Waals surface area contributed by atoms with Gasteiger partial charge in [-0.15, -0.1) is 0 Å². The van der Waals surface area contributed by atoms with Crippen molar-refractivity contribution >= 4 is 58.1 Å². The fraction of sp³-hybridized carbons (Fsp3) is 0.231. The van der Waals surface area contributed by atoms with E-state index in [2.05, 4.69) is 0 Å². The molecule has 3 aromatic rings. The topological polar surface area (TPSA) is 55.8 Å². The number of fused-ring (bicyclic) bond motifs is 2. The molecule has 0 N–H and O–H groups in total. The number of Topliss-reactive ketones (excluding diaryl/α,β-unsaturated/α-hetero) is 1. The van der Waals surface area contributed by atoms with E-state index in [1.165, 1.54) is 19.1 Å². The molecule has 0 aliphatic carbocycles. The summed E-state index contributed by atoms with van der Waals surface area (Å²) in [6.07, 6.45) is 0.573. The molecule has 5 nitrogen and oxygen atoms in total. The third-order valence-corrected chi connectivity index (χ3v) is 7.80. The minimum Gasteiger partial charge on any atom is -0.486 e. The molecule has 180 valence electrons. The van der Waals surface area contributed by atoms with Crippen LogP contribution >= 0.6 is 46.4 Å². The van der Waals surface area contributed by atoms with E-state index in [1.54, 1.807) is 17.0 Å². The lowest BCUT2D eigenvalue weighted by atomic mass is 9.86. The average Bonchev–Trinajstić information content (AvgIpc) is 2.84. The number of hydrogen-bond donors (Lipinski definition) is 0. The molecular weight excluding hydrogens is 532 g/mol. The van der Waals surface area contributed by atoms with Crippen LogP contribution in [0.15, 0.2) is 42.5 Å². The number of ketones is 1. The van der Waals surface area contributed by atoms with Crippen LogP contribution < -0.4 is 9.47 Å². The third kappa shape index (κ3) is 4.36. The number of carbonyl (C=O) groups is 2. The Bertz CT molecular complexity index is 1370. The van der Waals surface area contributed by atoms with Gasteiger partial charge in [-0.2, -0.15) is 0 Å². The molecule has 1 amide bonds. The number of ether oxygens (including phenoxy) is 2. The third-order valence-electron chi connectivity index (χ3n) is 6.24. The average molecular weight is 551 g/mol. The van der Waals surface area contributed by atoms with Gasteiger partial charge >= 0.3 is 0 Å². The van der Waals surface area contributed by atoms with Gasteiger partial charge in [-0.25, -0.2) is 0 Å². The summed E-state index contributed by atoms with van der Waals surface area (Å²) in [5.41, 5.74) is 2.90. The summed E-state index contributed by atoms with van der Waals surface area (Å²) in [6.45, 7) is 2.67. The molecule has 0 radical (unpaired) electrons. The van der Waals surface area contributed by atoms with E-state index in [1.807, 2.05) is 18.2 Å². The Kier molecular flexibility index (Phi) is 6.62. The van der Waals surface area contributed by atoms with E-state index in [0.29, 0.717) is 53.3 Å². The van der Waals surface area contributed by atoms with Crippen LogP contribution in [0.1, 0.15) is 50.4 Å². The second-order valence-corrected chi connectivity index (χ2v) is 9.96. The van der Waals surface area contributed by atoms with Gasteiger partial charge < -0.3 is 14.4 Å². The number of carbonyl (C=O) groups excluding carboxylic acids is 2. The van der Waals surface area contributed by atoms with E-state index < -0.39 is 6.04 Å². The van der Waals surface area contributed by atoms with Crippen molar-refractivity contribution in [1.29, 1.82) is 0 Å². The van der Waals surface area contributed by atoms with E-state index >= 15 is 0 Å². The minimum atomic E-state index is -0.581. The molecule has 5 rings (SSSR count). The highest BCUT2D eigenvalue weighted by Crippen LogP contribution is 2.45. The highest BCUT2D eigenvalue weighted by molar-refractivity contribution is 6.43. The monoisotopic (exact) mass is 549 g/mol. The number of rotatable bonds is 3. The maximum Gasteiger partial charge on any atom is 0.255 e. The quantitative estimate of drug-likeness (QED) is 0.327. The van der Waals surface area contributed by atoms with Gasteiger partial charge in [0.25, 0.3) is 5.91 Å². The lowest BCUT2D eigenvalue weighted by Gasteiger charge is -2.39. The lowest BCUT2D eigenvalue weighted by Crippen LogP contribution is -2.41. The Morgan fingerprint density at radius 1 is 0.857 bits per heavy atom. The SMILES string of the molecule is CC(=O)c1cc(Cl)c(Cl)cc1C(=O)N1CCc2cc3c(cc2C1c1cccc(Cl)c1Cl)OCCO3. The molecule has 2 aliphatic rings. The van der Waals surface area contributed by atoms with E-state index in [4.69, 9.17) is 55.9 Å². The van der Waals surface area contributed by atoms with Gasteiger partial charge in [-0.05, 0) is 60.4 Å². The molecule has 9 heteroatoms. The Morgan fingerprint density at radius 2 is 1.51 bits per heavy atom. The van der Waals surface area contributed by atoms with Crippen molar-refractivity contribution in [3.05, 3.63) is 90.4 Å². The lowest BCUT2D eigenvalue weighted by molar-refractivity contribution is 0.0689. The second-order valence-electron chi connectivity index (χ2n) is 8.36. The molecule has 2 aliphatic heterocycles. The smallest absolute Gasteiger partial charge is 0.255 e. The van der Waals surface area contributed by atoms with Crippen LogP contribution in [0.2, 0.25) is 20.1 Å². The van der Waals surface area contributed by atoms with Crippen molar-refractivity contribution in [2.24, 2.45) is 0 Å². The number of halogens is 4. The van der Waals surface area contributed by atoms with Crippen molar-refractivity contribution in [2.45, 2.75) is 19.4 Å². The Morgan fingerprint density at radius 3 is 2.20 bits per heavy atom. The van der Waals surface area contributed by atoms with Gasteiger partial charge in [0.2, 0.25) is 0 Å². The summed E-state index contributed by atoms with van der Waals surface area (Å²) in [7, 11) is 0. The van der Waals surface area contributed by atoms with Crippen LogP contribution in [0.4, 0.5) is 0 Å². The number of amides is 1. The van der Waals surface area contributed by atoms with Gasteiger partial charge in [0, 0.05) is 12.1 Å². The summed E-state index contributed by atoms with van der Waals surface area (Å²) in [4.78, 5) is 28.1. The van der Waals surface area contributed by atoms with E-state index in [9.17, 15) is 9.59 Å². The first-order valence-corrected chi connectivity index (χ1v) is 12.4. The summed E-state index contributed by atoms with van der Waals surface area (Å²) in [5, 5.41) is 1.12. The largest absolute Gasteiger partial charge is 0.486 e. The number of hydrogen-bond acceptors (Lipinski definition) is 4. The normalized spacial score (nSPS) is 16.6. The van der Waals surface area contributed by atoms with Crippen LogP contribution in [0, 0.1) is 0 Å². The first-order chi connectivity index (χ1) is 16.8. The minimum absolute atomic E-state index is 0.177. The summed E-state index contributed by atoms with van der Waals surface area (Å²) >= 11 is 25.4. The van der Waals surface area contributed by atoms with Crippen LogP contribution in [0.25, 0.3) is 0 Å². The Hall–Kier alpha value is -2.44. The van der Waals surface area contributed by atoms with Crippen molar-refractivity contribution < 1.29 is 19.1 Å². The Balaban J connectivity index is 1.69. The molecule has 3 aromatic carbocycles. The van der Waals surface area contributed by atoms with Gasteiger partial charge in [0.15, 0.2) is 17.3 Å². The molecular formula is C26H19Cl4NO4. The van der Waals surface area contributed by atoms with Crippen LogP contribution in [-0.2, 0) is 6.42 Å². The summed E-state index contributed by atoms with van der Waals surface area (Å²) in [6, 6.07) is 11.5. The molecule has 1 atom stereocenters. The van der Waals surface area contributed by atoms with Crippen molar-refractivity contribution in [2.75, 3.05) is 19.8 Å². The predicted octanol–water partition coefficient (Wildman–Crippen LogP) is 7.06. The van der Waals surface area contributed by atoms with Crippen molar-refractivity contribution in [3.63, 3.8) is 0 Å². The Labute approximate surface area is 222 Å². The highest BCUT2D eigenvalue weighted by Gasteiger charge is 2.36. The number of benzene rings is 3. The first kappa shape index (κ1) is 24.3. The van der Waals surface area contributed by atoms with Crippen LogP contribution in [-0.4, -0.2) is 36.3 Å². The zero-order chi connectivity index (χ0) is 24.9. The standard InChI is InChI=1S/C26H19Cl4NO4/c1-13(32)16-10-20(28)21(29)11-18(16)26(33)31-6-5-14-9-22-23(35-8-7-34-22)12-17(14)25(31)15-3-2-4-19(27)24(15)30/h2-4,9-12,25H,5-8H2,1H3. The van der Waals surface area contributed by atoms with E-state index in [0.717, 1.165) is 11.1 Å². The van der Waals surface area contributed by atoms with Crippen molar-refractivity contribution in [1.82, 2.24) is 4.90 Å². The zero-order valence-corrected chi connectivity index (χ0v) is 21.6. The molecule has 2 heterocycles. The predicted molar refractivity (Wildman–Crippen MR) is 137 cm³/mol. The maximum absolute atomic E-state index is 14.0. The van der Waals surface area contributed by atoms with Gasteiger partial charge in [-0.3, -0.25) is 9.59 Å². The molecule has 0 aromatic heterocycles. The molecule has 35 heavy (non-hydrogen) atoms. The molecule has 0 saturated carbocycles. The summed E-state index contributed by atoms with van der Waals surface area (Å²) in [5.74, 6) is 0.622. The van der Waals surface area contributed by atoms with Crippen molar-refractivity contribution in [3.8, 4) is 11.5 Å². The molecule has 0 bridgehead atoms. The van der Waals surface area contributed by atoms with Gasteiger partial charge in [0.1, 0.15) is 13.2 Å². The fourth-order valence-electron chi connectivity index (χ4n) is 4.61. The number of nitrogens with zero attached hydrogens (tertiary/aromatic N) is 1.